The summed E-state index contributed by atoms with van der Waals surface area (Å²) in [6, 6.07) is 8.99. The molecule has 0 aliphatic carbocycles. The van der Waals surface area contributed by atoms with Crippen LogP contribution in [-0.2, 0) is 0 Å². The molecule has 0 saturated carbocycles. The van der Waals surface area contributed by atoms with Crippen molar-refractivity contribution in [2.75, 3.05) is 13.1 Å². The third-order valence-electron chi connectivity index (χ3n) is 2.90. The average Bonchev–Trinajstić information content (AvgIpc) is 2.43. The Bertz CT molecular complexity index is 600. The largest absolute Gasteiger partial charge is 0.350 e. The van der Waals surface area contributed by atoms with Gasteiger partial charge in [-0.1, -0.05) is 30.7 Å². The zero-order chi connectivity index (χ0) is 13.8. The van der Waals surface area contributed by atoms with E-state index in [2.05, 4.69) is 10.3 Å². The van der Waals surface area contributed by atoms with Gasteiger partial charge in [0.1, 0.15) is 5.69 Å². The molecular weight excluding hydrogens is 262 g/mol. The van der Waals surface area contributed by atoms with Crippen molar-refractivity contribution < 1.29 is 4.79 Å². The molecule has 0 bridgehead atoms. The van der Waals surface area contributed by atoms with Gasteiger partial charge in [-0.25, -0.2) is 4.98 Å². The number of nitrogens with two attached hydrogens (primary N) is 1. The van der Waals surface area contributed by atoms with Crippen LogP contribution in [0.15, 0.2) is 30.3 Å². The molecule has 0 aliphatic heterocycles. The van der Waals surface area contributed by atoms with Gasteiger partial charge in [0.25, 0.3) is 5.91 Å². The van der Waals surface area contributed by atoms with Gasteiger partial charge in [0.2, 0.25) is 0 Å². The summed E-state index contributed by atoms with van der Waals surface area (Å²) in [5.41, 5.74) is 6.61. The van der Waals surface area contributed by atoms with Crippen molar-refractivity contribution in [3.05, 3.63) is 41.0 Å². The summed E-state index contributed by atoms with van der Waals surface area (Å²) in [4.78, 5) is 16.3. The van der Waals surface area contributed by atoms with Gasteiger partial charge in [0.15, 0.2) is 0 Å². The lowest BCUT2D eigenvalue weighted by Crippen LogP contribution is -2.31. The predicted molar refractivity (Wildman–Crippen MR) is 77.3 cm³/mol. The lowest BCUT2D eigenvalue weighted by Gasteiger charge is -2.10. The molecule has 1 aromatic carbocycles. The number of amides is 1. The Balaban J connectivity index is 2.18. The van der Waals surface area contributed by atoms with Crippen LogP contribution in [-0.4, -0.2) is 24.0 Å². The fourth-order valence-electron chi connectivity index (χ4n) is 1.66. The van der Waals surface area contributed by atoms with Crippen LogP contribution in [0.25, 0.3) is 10.9 Å². The quantitative estimate of drug-likeness (QED) is 0.900. The third-order valence-corrected chi connectivity index (χ3v) is 3.14. The van der Waals surface area contributed by atoms with Crippen LogP contribution in [0.5, 0.6) is 0 Å². The van der Waals surface area contributed by atoms with Gasteiger partial charge in [0, 0.05) is 17.0 Å². The Kier molecular flexibility index (Phi) is 4.35. The van der Waals surface area contributed by atoms with Crippen LogP contribution in [0.2, 0.25) is 5.02 Å². The molecule has 0 radical (unpaired) electrons. The average molecular weight is 278 g/mol. The number of hydrogen-bond acceptors (Lipinski definition) is 3. The first-order valence-electron chi connectivity index (χ1n) is 6.14. The number of carbonyl (C=O) groups is 1. The third kappa shape index (κ3) is 3.43. The van der Waals surface area contributed by atoms with E-state index in [1.54, 1.807) is 18.2 Å². The molecular formula is C14H16ClN3O. The van der Waals surface area contributed by atoms with Gasteiger partial charge in [0.05, 0.1) is 5.52 Å². The SMILES string of the molecule is CC(CN)CNC(=O)c1ccc2ccc(Cl)cc2n1. The highest BCUT2D eigenvalue weighted by molar-refractivity contribution is 6.31. The van der Waals surface area contributed by atoms with Crippen LogP contribution in [0.1, 0.15) is 17.4 Å². The Hall–Kier alpha value is -1.65. The van der Waals surface area contributed by atoms with Crippen molar-refractivity contribution >= 4 is 28.4 Å². The normalized spacial score (nSPS) is 12.4. The van der Waals surface area contributed by atoms with E-state index in [0.717, 1.165) is 5.39 Å². The smallest absolute Gasteiger partial charge is 0.269 e. The molecule has 2 aromatic rings. The summed E-state index contributed by atoms with van der Waals surface area (Å²) in [6.07, 6.45) is 0. The second-order valence-electron chi connectivity index (χ2n) is 4.58. The molecule has 1 unspecified atom stereocenters. The first-order valence-corrected chi connectivity index (χ1v) is 6.52. The summed E-state index contributed by atoms with van der Waals surface area (Å²) >= 11 is 5.92. The van der Waals surface area contributed by atoms with Gasteiger partial charge in [-0.2, -0.15) is 0 Å². The molecule has 0 aliphatic rings. The van der Waals surface area contributed by atoms with Gasteiger partial charge in [-0.3, -0.25) is 4.79 Å². The lowest BCUT2D eigenvalue weighted by molar-refractivity contribution is 0.0944. The number of nitrogens with zero attached hydrogens (tertiary/aromatic N) is 1. The summed E-state index contributed by atoms with van der Waals surface area (Å²) in [5, 5.41) is 4.38. The molecule has 0 spiro atoms. The topological polar surface area (TPSA) is 68.0 Å². The molecule has 5 heteroatoms. The molecule has 1 amide bonds. The number of carbonyl (C=O) groups excluding carboxylic acids is 1. The van der Waals surface area contributed by atoms with E-state index in [0.29, 0.717) is 29.3 Å². The maximum Gasteiger partial charge on any atom is 0.269 e. The highest BCUT2D eigenvalue weighted by Gasteiger charge is 2.09. The first kappa shape index (κ1) is 13.8. The van der Waals surface area contributed by atoms with Crippen molar-refractivity contribution in [1.29, 1.82) is 0 Å². The number of aromatic nitrogens is 1. The van der Waals surface area contributed by atoms with Crippen LogP contribution >= 0.6 is 11.6 Å². The Morgan fingerprint density at radius 1 is 1.42 bits per heavy atom. The lowest BCUT2D eigenvalue weighted by atomic mass is 10.1. The molecule has 1 aromatic heterocycles. The monoisotopic (exact) mass is 277 g/mol. The fourth-order valence-corrected chi connectivity index (χ4v) is 1.82. The number of benzene rings is 1. The summed E-state index contributed by atoms with van der Waals surface area (Å²) < 4.78 is 0. The molecule has 0 saturated heterocycles. The first-order chi connectivity index (χ1) is 9.10. The highest BCUT2D eigenvalue weighted by Crippen LogP contribution is 2.17. The zero-order valence-electron chi connectivity index (χ0n) is 10.7. The van der Waals surface area contributed by atoms with Crippen molar-refractivity contribution in [3.8, 4) is 0 Å². The minimum absolute atomic E-state index is 0.192. The van der Waals surface area contributed by atoms with E-state index in [4.69, 9.17) is 17.3 Å². The summed E-state index contributed by atoms with van der Waals surface area (Å²) in [6.45, 7) is 3.07. The highest BCUT2D eigenvalue weighted by atomic mass is 35.5. The second kappa shape index (κ2) is 5.99. The Labute approximate surface area is 117 Å². The van der Waals surface area contributed by atoms with Crippen molar-refractivity contribution in [2.45, 2.75) is 6.92 Å². The van der Waals surface area contributed by atoms with E-state index in [1.807, 2.05) is 19.1 Å². The van der Waals surface area contributed by atoms with E-state index in [9.17, 15) is 4.79 Å². The summed E-state index contributed by atoms with van der Waals surface area (Å²) in [7, 11) is 0. The molecule has 1 atom stereocenters. The van der Waals surface area contributed by atoms with Gasteiger partial charge in [-0.05, 0) is 30.7 Å². The number of nitrogens with one attached hydrogen (secondary N) is 1. The Morgan fingerprint density at radius 2 is 2.16 bits per heavy atom. The van der Waals surface area contributed by atoms with Crippen molar-refractivity contribution in [2.24, 2.45) is 11.7 Å². The van der Waals surface area contributed by atoms with Crippen LogP contribution in [0, 0.1) is 5.92 Å². The second-order valence-corrected chi connectivity index (χ2v) is 5.02. The minimum Gasteiger partial charge on any atom is -0.350 e. The van der Waals surface area contributed by atoms with Crippen molar-refractivity contribution in [1.82, 2.24) is 10.3 Å². The van der Waals surface area contributed by atoms with Gasteiger partial charge in [-0.15, -0.1) is 0 Å². The zero-order valence-corrected chi connectivity index (χ0v) is 11.4. The van der Waals surface area contributed by atoms with E-state index >= 15 is 0 Å². The number of pyridine rings is 1. The van der Waals surface area contributed by atoms with Gasteiger partial charge < -0.3 is 11.1 Å². The van der Waals surface area contributed by atoms with E-state index in [-0.39, 0.29) is 11.8 Å². The molecule has 1 heterocycles. The van der Waals surface area contributed by atoms with Crippen LogP contribution < -0.4 is 11.1 Å². The molecule has 4 nitrogen and oxygen atoms in total. The van der Waals surface area contributed by atoms with Crippen molar-refractivity contribution in [3.63, 3.8) is 0 Å². The maximum absolute atomic E-state index is 11.9. The van der Waals surface area contributed by atoms with E-state index in [1.165, 1.54) is 0 Å². The number of halogens is 1. The maximum atomic E-state index is 11.9. The number of hydrogen-bond donors (Lipinski definition) is 2. The van der Waals surface area contributed by atoms with E-state index < -0.39 is 0 Å². The number of rotatable bonds is 4. The predicted octanol–water partition coefficient (Wildman–Crippen LogP) is 2.21. The minimum atomic E-state index is -0.192. The van der Waals surface area contributed by atoms with Gasteiger partial charge >= 0.3 is 0 Å². The van der Waals surface area contributed by atoms with Crippen LogP contribution in [0.4, 0.5) is 0 Å². The standard InChI is InChI=1S/C14H16ClN3O/c1-9(7-16)8-17-14(19)12-5-3-10-2-4-11(15)6-13(10)18-12/h2-6,9H,7-8,16H2,1H3,(H,17,19). The molecule has 2 rings (SSSR count). The molecule has 0 fully saturated rings. The number of fused-ring (bicyclic) bond motifs is 1. The summed E-state index contributed by atoms with van der Waals surface area (Å²) in [5.74, 6) is 0.0565. The molecule has 19 heavy (non-hydrogen) atoms. The molecule has 100 valence electrons. The van der Waals surface area contributed by atoms with Crippen LogP contribution in [0.3, 0.4) is 0 Å². The fraction of sp³-hybridized carbons (Fsp3) is 0.286. The molecule has 3 N–H and O–H groups in total. The Morgan fingerprint density at radius 3 is 2.89 bits per heavy atom.